The van der Waals surface area contributed by atoms with Crippen molar-refractivity contribution in [2.45, 2.75) is 4.90 Å². The Morgan fingerprint density at radius 2 is 1.90 bits per heavy atom. The lowest BCUT2D eigenvalue weighted by Crippen LogP contribution is -2.02. The minimum Gasteiger partial charge on any atom is -0.218 e. The number of sulfone groups is 1. The molecule has 0 aliphatic rings. The molecule has 0 unspecified atom stereocenters. The van der Waals surface area contributed by atoms with E-state index in [-0.39, 0.29) is 9.80 Å². The Balaban J connectivity index is 2.53. The van der Waals surface area contributed by atoms with Crippen molar-refractivity contribution >= 4 is 50.5 Å². The van der Waals surface area contributed by atoms with Crippen molar-refractivity contribution in [2.75, 3.05) is 0 Å². The van der Waals surface area contributed by atoms with E-state index >= 15 is 0 Å². The van der Waals surface area contributed by atoms with Crippen LogP contribution in [0.2, 0.25) is 10.0 Å². The Bertz CT molecular complexity index is 783. The Morgan fingerprint density at radius 3 is 2.40 bits per heavy atom. The van der Waals surface area contributed by atoms with Crippen LogP contribution >= 0.6 is 34.5 Å². The predicted molar refractivity (Wildman–Crippen MR) is 81.6 cm³/mol. The van der Waals surface area contributed by atoms with E-state index in [9.17, 15) is 8.42 Å². The van der Waals surface area contributed by atoms with Crippen LogP contribution in [-0.2, 0) is 9.84 Å². The van der Waals surface area contributed by atoms with E-state index < -0.39 is 9.84 Å². The van der Waals surface area contributed by atoms with E-state index in [1.165, 1.54) is 47.1 Å². The summed E-state index contributed by atoms with van der Waals surface area (Å²) in [6, 6.07) is 7.76. The summed E-state index contributed by atoms with van der Waals surface area (Å²) in [6.07, 6.45) is 1.25. The molecule has 0 bridgehead atoms. The van der Waals surface area contributed by atoms with Crippen molar-refractivity contribution in [1.29, 1.82) is 5.26 Å². The van der Waals surface area contributed by atoms with E-state index in [2.05, 4.69) is 0 Å². The lowest BCUT2D eigenvalue weighted by Gasteiger charge is -2.01. The Hall–Kier alpha value is -1.32. The molecule has 1 heterocycles. The Morgan fingerprint density at radius 1 is 1.25 bits per heavy atom. The number of nitriles is 1. The monoisotopic (exact) mass is 343 g/mol. The molecule has 0 aliphatic heterocycles. The van der Waals surface area contributed by atoms with Gasteiger partial charge in [-0.05, 0) is 41.3 Å². The maximum absolute atomic E-state index is 12.2. The third-order valence-electron chi connectivity index (χ3n) is 2.39. The topological polar surface area (TPSA) is 57.9 Å². The lowest BCUT2D eigenvalue weighted by atomic mass is 10.2. The van der Waals surface area contributed by atoms with Gasteiger partial charge in [0.05, 0.1) is 4.90 Å². The maximum atomic E-state index is 12.2. The van der Waals surface area contributed by atoms with Gasteiger partial charge >= 0.3 is 0 Å². The van der Waals surface area contributed by atoms with E-state index in [0.29, 0.717) is 15.6 Å². The van der Waals surface area contributed by atoms with E-state index in [4.69, 9.17) is 28.5 Å². The van der Waals surface area contributed by atoms with Gasteiger partial charge in [-0.2, -0.15) is 16.6 Å². The van der Waals surface area contributed by atoms with Crippen LogP contribution in [0.5, 0.6) is 0 Å². The van der Waals surface area contributed by atoms with Gasteiger partial charge in [-0.1, -0.05) is 23.2 Å². The fraction of sp³-hybridized carbons (Fsp3) is 0. The highest BCUT2D eigenvalue weighted by Gasteiger charge is 2.21. The quantitative estimate of drug-likeness (QED) is 0.776. The molecule has 0 amide bonds. The van der Waals surface area contributed by atoms with Gasteiger partial charge in [-0.25, -0.2) is 8.42 Å². The number of rotatable bonds is 3. The summed E-state index contributed by atoms with van der Waals surface area (Å²) in [5.74, 6) is 0. The van der Waals surface area contributed by atoms with Gasteiger partial charge in [0.15, 0.2) is 0 Å². The molecule has 20 heavy (non-hydrogen) atoms. The highest BCUT2D eigenvalue weighted by Crippen LogP contribution is 2.25. The summed E-state index contributed by atoms with van der Waals surface area (Å²) >= 11 is 12.9. The average molecular weight is 344 g/mol. The molecule has 0 saturated carbocycles. The molecular formula is C13H7Cl2NO2S2. The van der Waals surface area contributed by atoms with Crippen molar-refractivity contribution in [3.63, 3.8) is 0 Å². The number of allylic oxidation sites excluding steroid dienone is 1. The minimum absolute atomic E-state index is 0.100. The van der Waals surface area contributed by atoms with Gasteiger partial charge in [0.2, 0.25) is 9.84 Å². The second-order valence-electron chi connectivity index (χ2n) is 3.79. The standard InChI is InChI=1S/C13H7Cl2NO2S2/c14-10-3-9(4-11(15)6-10)5-13(7-16)20(17,18)12-1-2-19-8-12/h1-6,8H. The number of halogens is 2. The van der Waals surface area contributed by atoms with Crippen molar-refractivity contribution in [1.82, 2.24) is 0 Å². The first kappa shape index (κ1) is 15.1. The van der Waals surface area contributed by atoms with Gasteiger partial charge in [0.25, 0.3) is 0 Å². The molecule has 0 N–H and O–H groups in total. The molecule has 1 aromatic heterocycles. The van der Waals surface area contributed by atoms with Crippen LogP contribution < -0.4 is 0 Å². The first-order valence-corrected chi connectivity index (χ1v) is 8.47. The van der Waals surface area contributed by atoms with Crippen LogP contribution in [0.1, 0.15) is 5.56 Å². The molecule has 0 radical (unpaired) electrons. The van der Waals surface area contributed by atoms with Crippen molar-refractivity contribution in [3.05, 3.63) is 55.5 Å². The fourth-order valence-electron chi connectivity index (χ4n) is 1.51. The number of hydrogen-bond acceptors (Lipinski definition) is 4. The van der Waals surface area contributed by atoms with Crippen molar-refractivity contribution < 1.29 is 8.42 Å². The number of nitrogens with zero attached hydrogens (tertiary/aromatic N) is 1. The second kappa shape index (κ2) is 5.98. The minimum atomic E-state index is -3.81. The van der Waals surface area contributed by atoms with E-state index in [1.54, 1.807) is 11.4 Å². The van der Waals surface area contributed by atoms with Crippen LogP contribution in [-0.4, -0.2) is 8.42 Å². The molecule has 1 aromatic carbocycles. The summed E-state index contributed by atoms with van der Waals surface area (Å²) in [5, 5.41) is 13.0. The molecule has 0 saturated heterocycles. The molecule has 3 nitrogen and oxygen atoms in total. The van der Waals surface area contributed by atoms with Crippen LogP contribution in [0.25, 0.3) is 6.08 Å². The summed E-state index contributed by atoms with van der Waals surface area (Å²) < 4.78 is 24.5. The summed E-state index contributed by atoms with van der Waals surface area (Å²) in [6.45, 7) is 0. The molecular weight excluding hydrogens is 337 g/mol. The molecule has 0 aliphatic carbocycles. The van der Waals surface area contributed by atoms with E-state index in [0.717, 1.165) is 0 Å². The SMILES string of the molecule is N#CC(=Cc1cc(Cl)cc(Cl)c1)S(=O)(=O)c1ccsc1. The van der Waals surface area contributed by atoms with Crippen LogP contribution in [0.4, 0.5) is 0 Å². The van der Waals surface area contributed by atoms with Crippen LogP contribution in [0.15, 0.2) is 44.8 Å². The Kier molecular flexibility index (Phi) is 4.51. The number of benzene rings is 1. The normalized spacial score (nSPS) is 12.2. The maximum Gasteiger partial charge on any atom is 0.217 e. The van der Waals surface area contributed by atoms with Gasteiger partial charge in [-0.3, -0.25) is 0 Å². The van der Waals surface area contributed by atoms with Gasteiger partial charge in [0, 0.05) is 15.4 Å². The van der Waals surface area contributed by atoms with Gasteiger partial charge < -0.3 is 0 Å². The predicted octanol–water partition coefficient (Wildman–Crippen LogP) is 4.39. The number of thiophene rings is 1. The fourth-order valence-corrected chi connectivity index (χ4v) is 4.24. The summed E-state index contributed by atoms with van der Waals surface area (Å²) in [5.41, 5.74) is 0.456. The molecule has 102 valence electrons. The lowest BCUT2D eigenvalue weighted by molar-refractivity contribution is 0.603. The largest absolute Gasteiger partial charge is 0.218 e. The third-order valence-corrected chi connectivity index (χ3v) is 5.32. The van der Waals surface area contributed by atoms with Crippen molar-refractivity contribution in [3.8, 4) is 6.07 Å². The molecule has 0 spiro atoms. The third kappa shape index (κ3) is 3.22. The van der Waals surface area contributed by atoms with Crippen molar-refractivity contribution in [2.24, 2.45) is 0 Å². The molecule has 0 fully saturated rings. The molecule has 2 rings (SSSR count). The molecule has 2 aromatic rings. The van der Waals surface area contributed by atoms with Crippen LogP contribution in [0.3, 0.4) is 0 Å². The second-order valence-corrected chi connectivity index (χ2v) is 7.36. The van der Waals surface area contributed by atoms with Gasteiger partial charge in [0.1, 0.15) is 11.0 Å². The highest BCUT2D eigenvalue weighted by molar-refractivity contribution is 7.95. The summed E-state index contributed by atoms with van der Waals surface area (Å²) in [4.78, 5) is -0.252. The van der Waals surface area contributed by atoms with E-state index in [1.807, 2.05) is 0 Å². The zero-order valence-electron chi connectivity index (χ0n) is 9.88. The molecule has 7 heteroatoms. The highest BCUT2D eigenvalue weighted by atomic mass is 35.5. The first-order chi connectivity index (χ1) is 9.43. The first-order valence-electron chi connectivity index (χ1n) is 5.28. The van der Waals surface area contributed by atoms with Gasteiger partial charge in [-0.15, -0.1) is 0 Å². The Labute approximate surface area is 130 Å². The zero-order valence-corrected chi connectivity index (χ0v) is 13.0. The smallest absolute Gasteiger partial charge is 0.217 e. The van der Waals surface area contributed by atoms with Crippen LogP contribution in [0, 0.1) is 11.3 Å². The molecule has 0 atom stereocenters. The zero-order chi connectivity index (χ0) is 14.8. The number of hydrogen-bond donors (Lipinski definition) is 0. The summed E-state index contributed by atoms with van der Waals surface area (Å²) in [7, 11) is -3.81. The average Bonchev–Trinajstić information content (AvgIpc) is 2.89.